The number of hydrogen-bond acceptors (Lipinski definition) is 1. The van der Waals surface area contributed by atoms with Crippen molar-refractivity contribution in [2.45, 2.75) is 19.3 Å². The van der Waals surface area contributed by atoms with Gasteiger partial charge in [-0.25, -0.2) is 0 Å². The van der Waals surface area contributed by atoms with Crippen molar-refractivity contribution in [3.8, 4) is 61.5 Å². The lowest BCUT2D eigenvalue weighted by atomic mass is 9.82. The Morgan fingerprint density at radius 1 is 0.480 bits per heavy atom. The van der Waals surface area contributed by atoms with Crippen molar-refractivity contribution in [2.24, 2.45) is 0 Å². The molecule has 0 aliphatic heterocycles. The van der Waals surface area contributed by atoms with Gasteiger partial charge in [0, 0.05) is 50.0 Å². The molecule has 0 atom stereocenters. The van der Waals surface area contributed by atoms with E-state index in [1.165, 1.54) is 88.2 Å². The molecule has 9 aromatic rings. The Kier molecular flexibility index (Phi) is 5.48. The van der Waals surface area contributed by atoms with Crippen LogP contribution in [0.3, 0.4) is 0 Å². The molecule has 50 heavy (non-hydrogen) atoms. The van der Waals surface area contributed by atoms with E-state index in [1.807, 2.05) is 6.20 Å². The molecule has 2 heterocycles. The first kappa shape index (κ1) is 27.7. The monoisotopic (exact) mass is 636 g/mol. The number of fused-ring (bicyclic) bond motifs is 9. The van der Waals surface area contributed by atoms with Crippen molar-refractivity contribution in [3.05, 3.63) is 169 Å². The van der Waals surface area contributed by atoms with Crippen LogP contribution in [-0.2, 0) is 5.41 Å². The molecule has 234 valence electrons. The Labute approximate surface area is 290 Å². The van der Waals surface area contributed by atoms with Crippen LogP contribution in [0.1, 0.15) is 25.0 Å². The highest BCUT2D eigenvalue weighted by molar-refractivity contribution is 6.18. The molecule has 2 heteroatoms. The summed E-state index contributed by atoms with van der Waals surface area (Å²) < 4.78 is 2.42. The number of aromatic nitrogens is 2. The summed E-state index contributed by atoms with van der Waals surface area (Å²) in [6.45, 7) is 4.68. The third kappa shape index (κ3) is 3.65. The number of rotatable bonds is 3. The first-order valence-corrected chi connectivity index (χ1v) is 17.5. The fourth-order valence-corrected chi connectivity index (χ4v) is 9.04. The number of para-hydroxylation sites is 1. The Hall–Kier alpha value is -6.25. The van der Waals surface area contributed by atoms with Crippen LogP contribution in [-0.4, -0.2) is 9.55 Å². The molecule has 11 rings (SSSR count). The predicted octanol–water partition coefficient (Wildman–Crippen LogP) is 12.6. The van der Waals surface area contributed by atoms with Gasteiger partial charge in [0.1, 0.15) is 0 Å². The van der Waals surface area contributed by atoms with Gasteiger partial charge in [0.2, 0.25) is 0 Å². The summed E-state index contributed by atoms with van der Waals surface area (Å²) in [4.78, 5) is 5.11. The molecular formula is C48H32N2. The summed E-state index contributed by atoms with van der Waals surface area (Å²) in [6.07, 6.45) is 2.04. The van der Waals surface area contributed by atoms with E-state index < -0.39 is 0 Å². The molecule has 0 bridgehead atoms. The van der Waals surface area contributed by atoms with Crippen molar-refractivity contribution < 1.29 is 0 Å². The standard InChI is InChI=1S/C48H32N2/c1-48(2)41-19-7-5-15-35(41)39-26-29(21-23-42(39)48)30-22-24-44-40(27-30)36-16-6-8-20-43(36)50(44)33-13-9-11-31(25-33)47-46-38-17-4-3-14-34(38)37-18-10-12-32(28-49-47)45(37)46/h3-28H,1-2H3. The second kappa shape index (κ2) is 9.90. The molecule has 2 nitrogen and oxygen atoms in total. The van der Waals surface area contributed by atoms with Crippen LogP contribution in [0.15, 0.2) is 158 Å². The average Bonchev–Trinajstić information content (AvgIpc) is 3.76. The van der Waals surface area contributed by atoms with Crippen molar-refractivity contribution in [1.82, 2.24) is 9.55 Å². The summed E-state index contributed by atoms with van der Waals surface area (Å²) >= 11 is 0. The molecule has 0 fully saturated rings. The van der Waals surface area contributed by atoms with Gasteiger partial charge in [-0.05, 0) is 86.5 Å². The smallest absolute Gasteiger partial charge is 0.0787 e. The highest BCUT2D eigenvalue weighted by Crippen LogP contribution is 2.51. The molecule has 2 aliphatic carbocycles. The van der Waals surface area contributed by atoms with Crippen molar-refractivity contribution >= 4 is 32.6 Å². The van der Waals surface area contributed by atoms with Crippen LogP contribution >= 0.6 is 0 Å². The fraction of sp³-hybridized carbons (Fsp3) is 0.0625. The minimum Gasteiger partial charge on any atom is -0.309 e. The molecule has 0 amide bonds. The molecule has 0 radical (unpaired) electrons. The van der Waals surface area contributed by atoms with E-state index in [0.29, 0.717) is 0 Å². The summed E-state index contributed by atoms with van der Waals surface area (Å²) in [5.74, 6) is 0. The molecule has 7 aromatic carbocycles. The topological polar surface area (TPSA) is 17.8 Å². The molecule has 0 unspecified atom stereocenters. The van der Waals surface area contributed by atoms with Gasteiger partial charge in [0.25, 0.3) is 0 Å². The minimum atomic E-state index is 0.00290. The lowest BCUT2D eigenvalue weighted by Crippen LogP contribution is -2.14. The van der Waals surface area contributed by atoms with E-state index >= 15 is 0 Å². The highest BCUT2D eigenvalue weighted by atomic mass is 15.0. The summed E-state index contributed by atoms with van der Waals surface area (Å²) in [5, 5.41) is 4.99. The van der Waals surface area contributed by atoms with Crippen molar-refractivity contribution in [3.63, 3.8) is 0 Å². The van der Waals surface area contributed by atoms with E-state index in [9.17, 15) is 0 Å². The zero-order valence-electron chi connectivity index (χ0n) is 27.9. The summed E-state index contributed by atoms with van der Waals surface area (Å²) in [5.41, 5.74) is 18.7. The minimum absolute atomic E-state index is 0.00290. The van der Waals surface area contributed by atoms with Crippen LogP contribution in [0.2, 0.25) is 0 Å². The van der Waals surface area contributed by atoms with E-state index in [4.69, 9.17) is 4.98 Å². The predicted molar refractivity (Wildman–Crippen MR) is 209 cm³/mol. The van der Waals surface area contributed by atoms with E-state index in [1.54, 1.807) is 0 Å². The second-order valence-corrected chi connectivity index (χ2v) is 14.4. The first-order chi connectivity index (χ1) is 24.6. The molecule has 0 saturated carbocycles. The maximum Gasteiger partial charge on any atom is 0.0787 e. The number of nitrogens with zero attached hydrogens (tertiary/aromatic N) is 2. The van der Waals surface area contributed by atoms with E-state index in [0.717, 1.165) is 16.9 Å². The van der Waals surface area contributed by atoms with Gasteiger partial charge < -0.3 is 4.57 Å². The van der Waals surface area contributed by atoms with Crippen LogP contribution in [0.4, 0.5) is 0 Å². The molecule has 0 N–H and O–H groups in total. The van der Waals surface area contributed by atoms with Gasteiger partial charge in [-0.1, -0.05) is 129 Å². The third-order valence-electron chi connectivity index (χ3n) is 11.4. The third-order valence-corrected chi connectivity index (χ3v) is 11.4. The number of hydrogen-bond donors (Lipinski definition) is 0. The molecular weight excluding hydrogens is 605 g/mol. The summed E-state index contributed by atoms with van der Waals surface area (Å²) in [6, 6.07) is 55.9. The second-order valence-electron chi connectivity index (χ2n) is 14.4. The molecule has 0 spiro atoms. The normalized spacial score (nSPS) is 13.6. The van der Waals surface area contributed by atoms with Crippen LogP contribution < -0.4 is 0 Å². The zero-order valence-corrected chi connectivity index (χ0v) is 27.9. The van der Waals surface area contributed by atoms with E-state index in [2.05, 4.69) is 170 Å². The van der Waals surface area contributed by atoms with Crippen molar-refractivity contribution in [1.29, 1.82) is 0 Å². The fourth-order valence-electron chi connectivity index (χ4n) is 9.04. The maximum absolute atomic E-state index is 5.11. The first-order valence-electron chi connectivity index (χ1n) is 17.5. The summed E-state index contributed by atoms with van der Waals surface area (Å²) in [7, 11) is 0. The number of benzene rings is 7. The quantitative estimate of drug-likeness (QED) is 0.189. The van der Waals surface area contributed by atoms with E-state index in [-0.39, 0.29) is 5.41 Å². The number of pyridine rings is 1. The Balaban J connectivity index is 1.08. The van der Waals surface area contributed by atoms with Crippen LogP contribution in [0.25, 0.3) is 94.0 Å². The van der Waals surface area contributed by atoms with Crippen LogP contribution in [0, 0.1) is 0 Å². The lowest BCUT2D eigenvalue weighted by Gasteiger charge is -2.21. The van der Waals surface area contributed by atoms with Gasteiger partial charge in [-0.3, -0.25) is 4.98 Å². The SMILES string of the molecule is CC1(C)c2ccccc2-c2cc(-c3ccc4c(c3)c3ccccc3n4-c3cccc(-c4ncc5cccc6c5c4-c4ccccc4-6)c3)ccc21. The Morgan fingerprint density at radius 2 is 1.18 bits per heavy atom. The maximum atomic E-state index is 5.11. The van der Waals surface area contributed by atoms with Gasteiger partial charge in [-0.2, -0.15) is 0 Å². The van der Waals surface area contributed by atoms with Gasteiger partial charge in [0.15, 0.2) is 0 Å². The molecule has 0 saturated heterocycles. The van der Waals surface area contributed by atoms with Gasteiger partial charge in [-0.15, -0.1) is 0 Å². The Morgan fingerprint density at radius 3 is 2.10 bits per heavy atom. The molecule has 2 aliphatic rings. The Bertz CT molecular complexity index is 2900. The van der Waals surface area contributed by atoms with Crippen molar-refractivity contribution in [2.75, 3.05) is 0 Å². The lowest BCUT2D eigenvalue weighted by molar-refractivity contribution is 0.660. The van der Waals surface area contributed by atoms with Gasteiger partial charge >= 0.3 is 0 Å². The highest BCUT2D eigenvalue weighted by Gasteiger charge is 2.35. The average molecular weight is 637 g/mol. The van der Waals surface area contributed by atoms with Crippen LogP contribution in [0.5, 0.6) is 0 Å². The van der Waals surface area contributed by atoms with Gasteiger partial charge in [0.05, 0.1) is 16.7 Å². The zero-order chi connectivity index (χ0) is 33.1. The molecule has 2 aromatic heterocycles. The largest absolute Gasteiger partial charge is 0.309 e.